The van der Waals surface area contributed by atoms with E-state index in [0.29, 0.717) is 21.6 Å². The van der Waals surface area contributed by atoms with Gasteiger partial charge < -0.3 is 4.98 Å². The second-order valence-electron chi connectivity index (χ2n) is 4.24. The molecule has 0 radical (unpaired) electrons. The van der Waals surface area contributed by atoms with Crippen LogP contribution in [0.25, 0.3) is 16.6 Å². The third-order valence-electron chi connectivity index (χ3n) is 2.94. The Labute approximate surface area is 126 Å². The normalized spacial score (nSPS) is 10.9. The molecular weight excluding hydrogens is 344 g/mol. The van der Waals surface area contributed by atoms with Gasteiger partial charge in [0.2, 0.25) is 0 Å². The van der Waals surface area contributed by atoms with Gasteiger partial charge in [-0.1, -0.05) is 27.5 Å². The molecule has 0 fully saturated rings. The van der Waals surface area contributed by atoms with Crippen LogP contribution in [0.5, 0.6) is 0 Å². The minimum absolute atomic E-state index is 0.372. The second-order valence-corrected chi connectivity index (χ2v) is 5.59. The number of nitrogens with one attached hydrogen (secondary N) is 1. The molecular formula is C14H8BrClN2O2. The molecule has 2 aromatic carbocycles. The largest absolute Gasteiger partial charge is 0.333 e. The van der Waals surface area contributed by atoms with E-state index >= 15 is 0 Å². The molecule has 20 heavy (non-hydrogen) atoms. The highest BCUT2D eigenvalue weighted by Gasteiger charge is 2.09. The number of H-pyrrole nitrogens is 1. The summed E-state index contributed by atoms with van der Waals surface area (Å²) in [6.45, 7) is 0. The summed E-state index contributed by atoms with van der Waals surface area (Å²) in [6, 6.07) is 11.7. The molecule has 0 bridgehead atoms. The summed E-state index contributed by atoms with van der Waals surface area (Å²) in [5, 5.41) is 0.880. The molecule has 100 valence electrons. The van der Waals surface area contributed by atoms with Crippen molar-refractivity contribution in [3.8, 4) is 5.69 Å². The molecule has 6 heteroatoms. The fourth-order valence-corrected chi connectivity index (χ4v) is 2.45. The van der Waals surface area contributed by atoms with E-state index in [9.17, 15) is 9.59 Å². The van der Waals surface area contributed by atoms with Crippen LogP contribution in [-0.4, -0.2) is 9.55 Å². The molecule has 3 rings (SSSR count). The first-order chi connectivity index (χ1) is 9.56. The topological polar surface area (TPSA) is 54.9 Å². The summed E-state index contributed by atoms with van der Waals surface area (Å²) in [6.07, 6.45) is 0. The molecule has 0 atom stereocenters. The maximum atomic E-state index is 12.4. The molecule has 0 spiro atoms. The van der Waals surface area contributed by atoms with Crippen molar-refractivity contribution in [2.24, 2.45) is 0 Å². The Bertz CT molecular complexity index is 913. The number of hydrogen-bond donors (Lipinski definition) is 1. The Morgan fingerprint density at radius 2 is 1.75 bits per heavy atom. The first-order valence-corrected chi connectivity index (χ1v) is 6.94. The molecule has 0 saturated carbocycles. The number of aromatic amines is 1. The lowest BCUT2D eigenvalue weighted by atomic mass is 10.2. The Morgan fingerprint density at radius 3 is 2.45 bits per heavy atom. The number of nitrogens with zero attached hydrogens (tertiary/aromatic N) is 1. The van der Waals surface area contributed by atoms with Crippen LogP contribution in [0, 0.1) is 0 Å². The lowest BCUT2D eigenvalue weighted by Gasteiger charge is -2.06. The Hall–Kier alpha value is -1.85. The van der Waals surface area contributed by atoms with Crippen molar-refractivity contribution >= 4 is 38.4 Å². The van der Waals surface area contributed by atoms with Crippen LogP contribution in [0.15, 0.2) is 56.5 Å². The molecule has 0 unspecified atom stereocenters. The van der Waals surface area contributed by atoms with Gasteiger partial charge in [-0.3, -0.25) is 4.79 Å². The van der Waals surface area contributed by atoms with Gasteiger partial charge in [0.15, 0.2) is 0 Å². The van der Waals surface area contributed by atoms with E-state index in [4.69, 9.17) is 11.6 Å². The van der Waals surface area contributed by atoms with Crippen molar-refractivity contribution in [2.75, 3.05) is 0 Å². The monoisotopic (exact) mass is 350 g/mol. The Kier molecular flexibility index (Phi) is 3.23. The molecule has 3 aromatic rings. The van der Waals surface area contributed by atoms with Gasteiger partial charge in [0.1, 0.15) is 0 Å². The highest BCUT2D eigenvalue weighted by Crippen LogP contribution is 2.15. The third-order valence-corrected chi connectivity index (χ3v) is 3.71. The number of fused-ring (bicyclic) bond motifs is 1. The van der Waals surface area contributed by atoms with Crippen molar-refractivity contribution in [2.45, 2.75) is 0 Å². The number of hydrogen-bond acceptors (Lipinski definition) is 2. The summed E-state index contributed by atoms with van der Waals surface area (Å²) >= 11 is 9.18. The highest BCUT2D eigenvalue weighted by molar-refractivity contribution is 9.10. The summed E-state index contributed by atoms with van der Waals surface area (Å²) < 4.78 is 1.97. The fraction of sp³-hybridized carbons (Fsp3) is 0. The van der Waals surface area contributed by atoms with Gasteiger partial charge in [-0.2, -0.15) is 0 Å². The zero-order chi connectivity index (χ0) is 14.3. The molecule has 1 heterocycles. The quantitative estimate of drug-likeness (QED) is 0.732. The lowest BCUT2D eigenvalue weighted by Crippen LogP contribution is -2.33. The first kappa shape index (κ1) is 13.1. The van der Waals surface area contributed by atoms with Crippen LogP contribution in [0.1, 0.15) is 0 Å². The van der Waals surface area contributed by atoms with Gasteiger partial charge in [-0.15, -0.1) is 0 Å². The van der Waals surface area contributed by atoms with Gasteiger partial charge in [0.25, 0.3) is 5.56 Å². The number of benzene rings is 2. The van der Waals surface area contributed by atoms with Gasteiger partial charge in [0.05, 0.1) is 16.6 Å². The second kappa shape index (κ2) is 4.92. The third kappa shape index (κ3) is 2.19. The molecule has 1 N–H and O–H groups in total. The average molecular weight is 352 g/mol. The number of rotatable bonds is 1. The molecule has 0 aliphatic carbocycles. The lowest BCUT2D eigenvalue weighted by molar-refractivity contribution is 0.901. The van der Waals surface area contributed by atoms with E-state index < -0.39 is 5.69 Å². The maximum Gasteiger partial charge on any atom is 0.333 e. The van der Waals surface area contributed by atoms with Crippen LogP contribution < -0.4 is 11.2 Å². The van der Waals surface area contributed by atoms with Gasteiger partial charge in [-0.05, 0) is 42.5 Å². The SMILES string of the molecule is O=c1[nH]c2cc(Cl)ccc2c(=O)n1-c1ccc(Br)cc1. The van der Waals surface area contributed by atoms with Crippen LogP contribution in [0.4, 0.5) is 0 Å². The standard InChI is InChI=1S/C14H8BrClN2O2/c15-8-1-4-10(5-2-8)18-13(19)11-6-3-9(16)7-12(11)17-14(18)20/h1-7H,(H,17,20). The van der Waals surface area contributed by atoms with E-state index in [1.54, 1.807) is 42.5 Å². The predicted molar refractivity (Wildman–Crippen MR) is 82.9 cm³/mol. The average Bonchev–Trinajstić information content (AvgIpc) is 2.40. The molecule has 0 aliphatic rings. The van der Waals surface area contributed by atoms with E-state index in [0.717, 1.165) is 9.04 Å². The van der Waals surface area contributed by atoms with Crippen molar-refractivity contribution in [1.29, 1.82) is 0 Å². The van der Waals surface area contributed by atoms with Crippen molar-refractivity contribution in [3.63, 3.8) is 0 Å². The summed E-state index contributed by atoms with van der Waals surface area (Å²) in [5.41, 5.74) is 0.0759. The fourth-order valence-electron chi connectivity index (χ4n) is 2.01. The maximum absolute atomic E-state index is 12.4. The summed E-state index contributed by atoms with van der Waals surface area (Å²) in [5.74, 6) is 0. The summed E-state index contributed by atoms with van der Waals surface area (Å²) in [4.78, 5) is 27.2. The van der Waals surface area contributed by atoms with Crippen molar-refractivity contribution < 1.29 is 0 Å². The van der Waals surface area contributed by atoms with E-state index in [1.807, 2.05) is 0 Å². The molecule has 4 nitrogen and oxygen atoms in total. The first-order valence-electron chi connectivity index (χ1n) is 5.77. The zero-order valence-corrected chi connectivity index (χ0v) is 12.4. The smallest absolute Gasteiger partial charge is 0.306 e. The van der Waals surface area contributed by atoms with Crippen LogP contribution in [0.3, 0.4) is 0 Å². The molecule has 0 amide bonds. The van der Waals surface area contributed by atoms with Gasteiger partial charge in [-0.25, -0.2) is 9.36 Å². The minimum Gasteiger partial charge on any atom is -0.306 e. The summed E-state index contributed by atoms with van der Waals surface area (Å²) in [7, 11) is 0. The van der Waals surface area contributed by atoms with Crippen LogP contribution in [0.2, 0.25) is 5.02 Å². The predicted octanol–water partition coefficient (Wildman–Crippen LogP) is 3.09. The zero-order valence-electron chi connectivity index (χ0n) is 10.1. The Morgan fingerprint density at radius 1 is 1.05 bits per heavy atom. The number of aromatic nitrogens is 2. The minimum atomic E-state index is -0.493. The van der Waals surface area contributed by atoms with Gasteiger partial charge in [0, 0.05) is 9.50 Å². The van der Waals surface area contributed by atoms with Crippen LogP contribution in [-0.2, 0) is 0 Å². The van der Waals surface area contributed by atoms with E-state index in [-0.39, 0.29) is 5.56 Å². The molecule has 0 saturated heterocycles. The highest BCUT2D eigenvalue weighted by atomic mass is 79.9. The number of halogens is 2. The van der Waals surface area contributed by atoms with E-state index in [1.165, 1.54) is 0 Å². The molecule has 1 aromatic heterocycles. The van der Waals surface area contributed by atoms with Gasteiger partial charge >= 0.3 is 5.69 Å². The van der Waals surface area contributed by atoms with E-state index in [2.05, 4.69) is 20.9 Å². The van der Waals surface area contributed by atoms with Crippen molar-refractivity contribution in [1.82, 2.24) is 9.55 Å². The van der Waals surface area contributed by atoms with Crippen molar-refractivity contribution in [3.05, 3.63) is 72.8 Å². The Balaban J connectivity index is 2.37. The molecule has 0 aliphatic heterocycles. The van der Waals surface area contributed by atoms with Crippen LogP contribution >= 0.6 is 27.5 Å².